The van der Waals surface area contributed by atoms with E-state index in [-0.39, 0.29) is 0 Å². The third kappa shape index (κ3) is 1.28. The lowest BCUT2D eigenvalue weighted by Gasteiger charge is -2.07. The Labute approximate surface area is 86.0 Å². The Morgan fingerprint density at radius 2 is 2.36 bits per heavy atom. The maximum atomic E-state index is 4.42. The summed E-state index contributed by atoms with van der Waals surface area (Å²) in [4.78, 5) is 5.33. The number of anilines is 1. The predicted molar refractivity (Wildman–Crippen MR) is 56.9 cm³/mol. The van der Waals surface area contributed by atoms with Gasteiger partial charge >= 0.3 is 0 Å². The highest BCUT2D eigenvalue weighted by molar-refractivity contribution is 7.20. The van der Waals surface area contributed by atoms with Crippen LogP contribution in [0.2, 0.25) is 0 Å². The highest BCUT2D eigenvalue weighted by Gasteiger charge is 2.37. The summed E-state index contributed by atoms with van der Waals surface area (Å²) in [6.45, 7) is 4.21. The molecular formula is C9H12N4S. The monoisotopic (exact) mass is 208 g/mol. The average molecular weight is 208 g/mol. The molecular weight excluding hydrogens is 196 g/mol. The Bertz CT molecular complexity index is 448. The molecule has 2 heterocycles. The van der Waals surface area contributed by atoms with Crippen molar-refractivity contribution in [3.05, 3.63) is 11.9 Å². The van der Waals surface area contributed by atoms with E-state index in [4.69, 9.17) is 0 Å². The molecule has 3 rings (SSSR count). The van der Waals surface area contributed by atoms with Crippen LogP contribution in [0.3, 0.4) is 0 Å². The third-order valence-electron chi connectivity index (χ3n) is 2.57. The van der Waals surface area contributed by atoms with Crippen LogP contribution in [-0.2, 0) is 0 Å². The number of fused-ring (bicyclic) bond motifs is 1. The first-order valence-electron chi connectivity index (χ1n) is 4.76. The average Bonchev–Trinajstić information content (AvgIpc) is 2.52. The summed E-state index contributed by atoms with van der Waals surface area (Å²) in [7, 11) is 0. The third-order valence-corrected chi connectivity index (χ3v) is 3.41. The topological polar surface area (TPSA) is 42.2 Å². The number of nitrogens with one attached hydrogen (secondary N) is 1. The Morgan fingerprint density at radius 1 is 1.57 bits per heavy atom. The van der Waals surface area contributed by atoms with Gasteiger partial charge in [0, 0.05) is 5.54 Å². The zero-order valence-electron chi connectivity index (χ0n) is 8.24. The highest BCUT2D eigenvalue weighted by atomic mass is 32.1. The van der Waals surface area contributed by atoms with Crippen LogP contribution in [0.15, 0.2) is 6.20 Å². The van der Waals surface area contributed by atoms with E-state index < -0.39 is 0 Å². The van der Waals surface area contributed by atoms with Crippen LogP contribution in [0.1, 0.15) is 25.5 Å². The van der Waals surface area contributed by atoms with Crippen LogP contribution >= 0.6 is 11.3 Å². The molecule has 2 aromatic rings. The molecule has 14 heavy (non-hydrogen) atoms. The van der Waals surface area contributed by atoms with Gasteiger partial charge in [0.05, 0.1) is 11.9 Å². The lowest BCUT2D eigenvalue weighted by molar-refractivity contribution is 0.815. The first kappa shape index (κ1) is 8.23. The van der Waals surface area contributed by atoms with Crippen molar-refractivity contribution in [2.45, 2.75) is 32.2 Å². The van der Waals surface area contributed by atoms with E-state index in [1.807, 2.05) is 17.6 Å². The van der Waals surface area contributed by atoms with Crippen molar-refractivity contribution in [1.82, 2.24) is 14.6 Å². The largest absolute Gasteiger partial charge is 0.355 e. The Kier molecular flexibility index (Phi) is 1.45. The van der Waals surface area contributed by atoms with Crippen LogP contribution in [-0.4, -0.2) is 20.1 Å². The smallest absolute Gasteiger partial charge is 0.214 e. The van der Waals surface area contributed by atoms with Gasteiger partial charge < -0.3 is 5.32 Å². The molecule has 1 N–H and O–H groups in total. The van der Waals surface area contributed by atoms with Crippen molar-refractivity contribution in [3.8, 4) is 0 Å². The molecule has 0 aromatic carbocycles. The Balaban J connectivity index is 1.94. The number of nitrogens with zero attached hydrogens (tertiary/aromatic N) is 3. The first-order chi connectivity index (χ1) is 6.65. The molecule has 74 valence electrons. The molecule has 1 fully saturated rings. The molecule has 0 saturated heterocycles. The minimum atomic E-state index is 0.297. The fourth-order valence-electron chi connectivity index (χ4n) is 1.43. The van der Waals surface area contributed by atoms with Crippen LogP contribution in [0, 0.1) is 6.92 Å². The molecule has 0 aliphatic heterocycles. The van der Waals surface area contributed by atoms with Gasteiger partial charge in [0.1, 0.15) is 0 Å². The Hall–Kier alpha value is -1.10. The lowest BCUT2D eigenvalue weighted by Crippen LogP contribution is -2.15. The number of hydrogen-bond acceptors (Lipinski definition) is 4. The summed E-state index contributed by atoms with van der Waals surface area (Å²) in [6.07, 6.45) is 4.44. The van der Waals surface area contributed by atoms with E-state index in [2.05, 4.69) is 22.3 Å². The van der Waals surface area contributed by atoms with Crippen molar-refractivity contribution in [2.24, 2.45) is 0 Å². The summed E-state index contributed by atoms with van der Waals surface area (Å²) in [5.41, 5.74) is 1.32. The van der Waals surface area contributed by atoms with E-state index in [0.717, 1.165) is 15.8 Å². The molecule has 1 saturated carbocycles. The van der Waals surface area contributed by atoms with Crippen molar-refractivity contribution in [3.63, 3.8) is 0 Å². The van der Waals surface area contributed by atoms with Gasteiger partial charge in [0.2, 0.25) is 10.1 Å². The molecule has 4 nitrogen and oxygen atoms in total. The molecule has 1 aliphatic carbocycles. The number of aryl methyl sites for hydroxylation is 1. The molecule has 0 amide bonds. The first-order valence-corrected chi connectivity index (χ1v) is 5.57. The summed E-state index contributed by atoms with van der Waals surface area (Å²) in [5.74, 6) is 0. The second kappa shape index (κ2) is 2.48. The standard InChI is InChI=1S/C9H12N4S/c1-6-5-13-8(10-6)14-7(12-13)11-9(2)3-4-9/h5H,3-4H2,1-2H3,(H,11,12). The van der Waals surface area contributed by atoms with Crippen molar-refractivity contribution in [2.75, 3.05) is 5.32 Å². The van der Waals surface area contributed by atoms with Gasteiger partial charge in [-0.3, -0.25) is 0 Å². The molecule has 0 radical (unpaired) electrons. The molecule has 0 spiro atoms. The summed E-state index contributed by atoms with van der Waals surface area (Å²) < 4.78 is 1.84. The fourth-order valence-corrected chi connectivity index (χ4v) is 2.41. The van der Waals surface area contributed by atoms with Crippen molar-refractivity contribution < 1.29 is 0 Å². The highest BCUT2D eigenvalue weighted by Crippen LogP contribution is 2.38. The van der Waals surface area contributed by atoms with E-state index in [0.29, 0.717) is 5.54 Å². The van der Waals surface area contributed by atoms with Crippen molar-refractivity contribution in [1.29, 1.82) is 0 Å². The van der Waals surface area contributed by atoms with Crippen LogP contribution in [0.25, 0.3) is 4.96 Å². The summed E-state index contributed by atoms with van der Waals surface area (Å²) in [5, 5.41) is 8.83. The number of rotatable bonds is 2. The number of hydrogen-bond donors (Lipinski definition) is 1. The van der Waals surface area contributed by atoms with Crippen molar-refractivity contribution >= 4 is 21.4 Å². The molecule has 5 heteroatoms. The van der Waals surface area contributed by atoms with Gasteiger partial charge in [-0.2, -0.15) is 0 Å². The van der Waals surface area contributed by atoms with Gasteiger partial charge in [-0.05, 0) is 26.7 Å². The number of imidazole rings is 1. The van der Waals surface area contributed by atoms with E-state index in [1.165, 1.54) is 12.8 Å². The Morgan fingerprint density at radius 3 is 3.00 bits per heavy atom. The van der Waals surface area contributed by atoms with Gasteiger partial charge in [-0.1, -0.05) is 11.3 Å². The molecule has 2 aromatic heterocycles. The van der Waals surface area contributed by atoms with Crippen LogP contribution < -0.4 is 5.32 Å². The zero-order chi connectivity index (χ0) is 9.76. The van der Waals surface area contributed by atoms with Gasteiger partial charge in [-0.15, -0.1) is 5.10 Å². The molecule has 1 aliphatic rings. The maximum Gasteiger partial charge on any atom is 0.214 e. The normalized spacial score (nSPS) is 18.7. The molecule has 0 unspecified atom stereocenters. The molecule has 0 bridgehead atoms. The van der Waals surface area contributed by atoms with E-state index in [1.54, 1.807) is 11.3 Å². The zero-order valence-corrected chi connectivity index (χ0v) is 9.06. The predicted octanol–water partition coefficient (Wildman–Crippen LogP) is 2.06. The quantitative estimate of drug-likeness (QED) is 0.821. The van der Waals surface area contributed by atoms with E-state index >= 15 is 0 Å². The van der Waals surface area contributed by atoms with E-state index in [9.17, 15) is 0 Å². The summed E-state index contributed by atoms with van der Waals surface area (Å²) in [6, 6.07) is 0. The fraction of sp³-hybridized carbons (Fsp3) is 0.556. The van der Waals surface area contributed by atoms with Gasteiger partial charge in [0.15, 0.2) is 0 Å². The van der Waals surface area contributed by atoms with Crippen LogP contribution in [0.4, 0.5) is 5.13 Å². The minimum Gasteiger partial charge on any atom is -0.355 e. The maximum absolute atomic E-state index is 4.42. The number of aromatic nitrogens is 3. The second-order valence-electron chi connectivity index (χ2n) is 4.20. The minimum absolute atomic E-state index is 0.297. The van der Waals surface area contributed by atoms with Gasteiger partial charge in [-0.25, -0.2) is 9.50 Å². The lowest BCUT2D eigenvalue weighted by atomic mass is 10.3. The molecule has 0 atom stereocenters. The SMILES string of the molecule is Cc1cn2nc(NC3(C)CC3)sc2n1. The summed E-state index contributed by atoms with van der Waals surface area (Å²) >= 11 is 1.61. The second-order valence-corrected chi connectivity index (χ2v) is 5.16. The van der Waals surface area contributed by atoms with Crippen LogP contribution in [0.5, 0.6) is 0 Å². The van der Waals surface area contributed by atoms with Gasteiger partial charge in [0.25, 0.3) is 0 Å².